The van der Waals surface area contributed by atoms with Crippen LogP contribution in [0.2, 0.25) is 0 Å². The Bertz CT molecular complexity index is 408. The van der Waals surface area contributed by atoms with Gasteiger partial charge in [-0.3, -0.25) is 0 Å². The highest BCUT2D eigenvalue weighted by molar-refractivity contribution is 5.47. The van der Waals surface area contributed by atoms with Crippen LogP contribution in [0.1, 0.15) is 45.6 Å². The van der Waals surface area contributed by atoms with Gasteiger partial charge in [-0.1, -0.05) is 32.9 Å². The maximum absolute atomic E-state index is 9.81. The zero-order chi connectivity index (χ0) is 14.0. The Hall–Kier alpha value is -1.06. The Kier molecular flexibility index (Phi) is 4.16. The number of aliphatic hydroxyl groups is 1. The fourth-order valence-corrected chi connectivity index (χ4v) is 2.65. The second kappa shape index (κ2) is 5.51. The van der Waals surface area contributed by atoms with E-state index in [0.717, 1.165) is 24.9 Å². The quantitative estimate of drug-likeness (QED) is 0.768. The van der Waals surface area contributed by atoms with Crippen LogP contribution >= 0.6 is 0 Å². The summed E-state index contributed by atoms with van der Waals surface area (Å²) in [6.07, 6.45) is 2.51. The van der Waals surface area contributed by atoms with E-state index in [2.05, 4.69) is 50.4 Å². The lowest BCUT2D eigenvalue weighted by molar-refractivity contribution is 0.102. The van der Waals surface area contributed by atoms with E-state index in [9.17, 15) is 5.11 Å². The average Bonchev–Trinajstić information content (AvgIpc) is 2.35. The van der Waals surface area contributed by atoms with E-state index in [4.69, 9.17) is 5.73 Å². The minimum atomic E-state index is -0.375. The van der Waals surface area contributed by atoms with Gasteiger partial charge in [0, 0.05) is 11.7 Å². The van der Waals surface area contributed by atoms with Crippen molar-refractivity contribution in [2.75, 3.05) is 5.32 Å². The Morgan fingerprint density at radius 1 is 1.16 bits per heavy atom. The van der Waals surface area contributed by atoms with Gasteiger partial charge in [0.25, 0.3) is 0 Å². The van der Waals surface area contributed by atoms with Crippen LogP contribution in [0.15, 0.2) is 24.3 Å². The zero-order valence-electron chi connectivity index (χ0n) is 12.2. The molecule has 0 aliphatic heterocycles. The first-order valence-electron chi connectivity index (χ1n) is 7.18. The lowest BCUT2D eigenvalue weighted by Crippen LogP contribution is -2.51. The number of nitrogens with two attached hydrogens (primary N) is 1. The van der Waals surface area contributed by atoms with Gasteiger partial charge in [0.2, 0.25) is 0 Å². The highest BCUT2D eigenvalue weighted by Crippen LogP contribution is 2.25. The molecule has 3 unspecified atom stereocenters. The molecule has 0 spiro atoms. The molecule has 106 valence electrons. The third kappa shape index (κ3) is 3.48. The number of nitrogens with one attached hydrogen (secondary N) is 1. The van der Waals surface area contributed by atoms with E-state index < -0.39 is 0 Å². The van der Waals surface area contributed by atoms with Gasteiger partial charge in [-0.05, 0) is 42.4 Å². The molecule has 0 heterocycles. The number of benzene rings is 1. The van der Waals surface area contributed by atoms with Crippen LogP contribution in [0.4, 0.5) is 5.69 Å². The summed E-state index contributed by atoms with van der Waals surface area (Å²) in [5, 5.41) is 13.3. The molecule has 3 atom stereocenters. The van der Waals surface area contributed by atoms with Crippen LogP contribution in [0.5, 0.6) is 0 Å². The molecule has 1 saturated carbocycles. The van der Waals surface area contributed by atoms with Crippen molar-refractivity contribution in [3.05, 3.63) is 29.8 Å². The first kappa shape index (κ1) is 14.4. The summed E-state index contributed by atoms with van der Waals surface area (Å²) in [7, 11) is 0. The third-order valence-electron chi connectivity index (χ3n) is 4.03. The van der Waals surface area contributed by atoms with E-state index in [-0.39, 0.29) is 23.6 Å². The van der Waals surface area contributed by atoms with Crippen LogP contribution in [-0.4, -0.2) is 23.3 Å². The highest BCUT2D eigenvalue weighted by atomic mass is 16.3. The van der Waals surface area contributed by atoms with Crippen molar-refractivity contribution in [1.82, 2.24) is 0 Å². The van der Waals surface area contributed by atoms with Crippen molar-refractivity contribution in [2.45, 2.75) is 63.6 Å². The minimum absolute atomic E-state index is 0.170. The maximum atomic E-state index is 9.81. The Labute approximate surface area is 116 Å². The summed E-state index contributed by atoms with van der Waals surface area (Å²) in [6, 6.07) is 8.53. The molecule has 0 saturated heterocycles. The summed E-state index contributed by atoms with van der Waals surface area (Å²) in [5.41, 5.74) is 8.64. The van der Waals surface area contributed by atoms with Crippen LogP contribution in [-0.2, 0) is 5.41 Å². The Balaban J connectivity index is 2.03. The van der Waals surface area contributed by atoms with Crippen LogP contribution in [0.25, 0.3) is 0 Å². The molecule has 19 heavy (non-hydrogen) atoms. The first-order chi connectivity index (χ1) is 8.88. The van der Waals surface area contributed by atoms with Crippen molar-refractivity contribution < 1.29 is 5.11 Å². The summed E-state index contributed by atoms with van der Waals surface area (Å²) in [4.78, 5) is 0. The van der Waals surface area contributed by atoms with Crippen LogP contribution < -0.4 is 11.1 Å². The monoisotopic (exact) mass is 262 g/mol. The molecular formula is C16H26N2O. The third-order valence-corrected chi connectivity index (χ3v) is 4.03. The lowest BCUT2D eigenvalue weighted by atomic mass is 9.86. The SMILES string of the molecule is CC(C)(C)c1ccc(NC2CCCC(O)C2N)cc1. The smallest absolute Gasteiger partial charge is 0.0711 e. The molecule has 4 N–H and O–H groups in total. The molecule has 1 aliphatic carbocycles. The van der Waals surface area contributed by atoms with Gasteiger partial charge in [-0.15, -0.1) is 0 Å². The summed E-state index contributed by atoms with van der Waals surface area (Å²) in [6.45, 7) is 6.63. The highest BCUT2D eigenvalue weighted by Gasteiger charge is 2.28. The molecule has 0 aromatic heterocycles. The first-order valence-corrected chi connectivity index (χ1v) is 7.18. The van der Waals surface area contributed by atoms with E-state index in [0.29, 0.717) is 0 Å². The van der Waals surface area contributed by atoms with Crippen molar-refractivity contribution in [3.8, 4) is 0 Å². The second-order valence-corrected chi connectivity index (χ2v) is 6.65. The molecule has 3 nitrogen and oxygen atoms in total. The summed E-state index contributed by atoms with van der Waals surface area (Å²) < 4.78 is 0. The molecule has 1 aromatic rings. The van der Waals surface area contributed by atoms with Gasteiger partial charge in [-0.25, -0.2) is 0 Å². The Morgan fingerprint density at radius 3 is 2.37 bits per heavy atom. The fourth-order valence-electron chi connectivity index (χ4n) is 2.65. The van der Waals surface area contributed by atoms with Gasteiger partial charge < -0.3 is 16.2 Å². The number of rotatable bonds is 2. The summed E-state index contributed by atoms with van der Waals surface area (Å²) in [5.74, 6) is 0. The largest absolute Gasteiger partial charge is 0.391 e. The van der Waals surface area contributed by atoms with Crippen LogP contribution in [0.3, 0.4) is 0 Å². The van der Waals surface area contributed by atoms with Crippen molar-refractivity contribution in [1.29, 1.82) is 0 Å². The van der Waals surface area contributed by atoms with E-state index in [1.54, 1.807) is 0 Å². The number of hydrogen-bond acceptors (Lipinski definition) is 3. The normalized spacial score (nSPS) is 28.2. The van der Waals surface area contributed by atoms with E-state index >= 15 is 0 Å². The van der Waals surface area contributed by atoms with Crippen molar-refractivity contribution in [2.24, 2.45) is 5.73 Å². The lowest BCUT2D eigenvalue weighted by Gasteiger charge is -2.34. The zero-order valence-corrected chi connectivity index (χ0v) is 12.2. The fraction of sp³-hybridized carbons (Fsp3) is 0.625. The van der Waals surface area contributed by atoms with Gasteiger partial charge in [0.1, 0.15) is 0 Å². The maximum Gasteiger partial charge on any atom is 0.0711 e. The van der Waals surface area contributed by atoms with Gasteiger partial charge in [-0.2, -0.15) is 0 Å². The Morgan fingerprint density at radius 2 is 1.79 bits per heavy atom. The van der Waals surface area contributed by atoms with Crippen molar-refractivity contribution >= 4 is 5.69 Å². The number of aliphatic hydroxyl groups excluding tert-OH is 1. The van der Waals surface area contributed by atoms with E-state index in [1.165, 1.54) is 5.56 Å². The molecular weight excluding hydrogens is 236 g/mol. The minimum Gasteiger partial charge on any atom is -0.391 e. The number of hydrogen-bond donors (Lipinski definition) is 3. The number of anilines is 1. The molecule has 0 bridgehead atoms. The molecule has 1 fully saturated rings. The molecule has 3 heteroatoms. The van der Waals surface area contributed by atoms with Gasteiger partial charge in [0.15, 0.2) is 0 Å². The average molecular weight is 262 g/mol. The van der Waals surface area contributed by atoms with Crippen LogP contribution in [0, 0.1) is 0 Å². The molecule has 1 aromatic carbocycles. The topological polar surface area (TPSA) is 58.3 Å². The second-order valence-electron chi connectivity index (χ2n) is 6.65. The van der Waals surface area contributed by atoms with Gasteiger partial charge >= 0.3 is 0 Å². The predicted molar refractivity (Wildman–Crippen MR) is 80.4 cm³/mol. The molecule has 0 radical (unpaired) electrons. The summed E-state index contributed by atoms with van der Waals surface area (Å²) >= 11 is 0. The van der Waals surface area contributed by atoms with Gasteiger partial charge in [0.05, 0.1) is 12.1 Å². The van der Waals surface area contributed by atoms with Crippen molar-refractivity contribution in [3.63, 3.8) is 0 Å². The standard InChI is InChI=1S/C16H26N2O/c1-16(2,3)11-7-9-12(10-8-11)18-13-5-4-6-14(19)15(13)17/h7-10,13-15,18-19H,4-6,17H2,1-3H3. The van der Waals surface area contributed by atoms with E-state index in [1.807, 2.05) is 0 Å². The molecule has 0 amide bonds. The predicted octanol–water partition coefficient (Wildman–Crippen LogP) is 2.64. The molecule has 2 rings (SSSR count). The molecule has 1 aliphatic rings.